The Morgan fingerprint density at radius 1 is 1.06 bits per heavy atom. The topological polar surface area (TPSA) is 85.3 Å². The summed E-state index contributed by atoms with van der Waals surface area (Å²) < 4.78 is 12.2. The summed E-state index contributed by atoms with van der Waals surface area (Å²) in [7, 11) is 0. The van der Waals surface area contributed by atoms with Gasteiger partial charge < -0.3 is 19.7 Å². The van der Waals surface area contributed by atoms with E-state index in [2.05, 4.69) is 49.2 Å². The van der Waals surface area contributed by atoms with Crippen LogP contribution in [-0.2, 0) is 4.74 Å². The number of rotatable bonds is 5. The summed E-state index contributed by atoms with van der Waals surface area (Å²) in [6.07, 6.45) is 9.71. The molecule has 1 aliphatic heterocycles. The van der Waals surface area contributed by atoms with Crippen molar-refractivity contribution in [1.29, 1.82) is 0 Å². The third-order valence-electron chi connectivity index (χ3n) is 6.23. The first-order valence-electron chi connectivity index (χ1n) is 11.5. The van der Waals surface area contributed by atoms with E-state index >= 15 is 0 Å². The third-order valence-corrected chi connectivity index (χ3v) is 6.23. The van der Waals surface area contributed by atoms with Crippen LogP contribution in [0.4, 0.5) is 11.5 Å². The van der Waals surface area contributed by atoms with E-state index in [0.29, 0.717) is 6.04 Å². The van der Waals surface area contributed by atoms with E-state index in [0.717, 1.165) is 79.5 Å². The Morgan fingerprint density at radius 3 is 2.72 bits per heavy atom. The summed E-state index contributed by atoms with van der Waals surface area (Å²) >= 11 is 0. The number of aryl methyl sites for hydroxylation is 1. The lowest BCUT2D eigenvalue weighted by Crippen LogP contribution is -2.41. The molecule has 1 saturated heterocycles. The molecule has 1 aliphatic carbocycles. The zero-order chi connectivity index (χ0) is 21.9. The molecule has 2 aliphatic rings. The second kappa shape index (κ2) is 9.24. The fraction of sp³-hybridized carbons (Fsp3) is 0.500. The van der Waals surface area contributed by atoms with Crippen molar-refractivity contribution in [2.45, 2.75) is 57.8 Å². The number of nitrogens with zero attached hydrogens (tertiary/aromatic N) is 5. The van der Waals surface area contributed by atoms with E-state index in [9.17, 15) is 0 Å². The van der Waals surface area contributed by atoms with Gasteiger partial charge >= 0.3 is 0 Å². The van der Waals surface area contributed by atoms with Crippen LogP contribution in [0.5, 0.6) is 5.75 Å². The smallest absolute Gasteiger partial charge is 0.149 e. The maximum atomic E-state index is 6.53. The van der Waals surface area contributed by atoms with Gasteiger partial charge in [-0.05, 0) is 51.7 Å². The molecule has 3 heterocycles. The van der Waals surface area contributed by atoms with Crippen molar-refractivity contribution in [2.75, 3.05) is 29.9 Å². The number of fused-ring (bicyclic) bond motifs is 1. The minimum atomic E-state index is 0.171. The SMILES string of the molecule is Cc1nccc(N[C@H]2CC[C@@H](Oc3cc(N4CCO[C@H](C)C4)cc4nccnc34)CC2)n1. The molecule has 168 valence electrons. The molecule has 1 aromatic carbocycles. The predicted molar refractivity (Wildman–Crippen MR) is 124 cm³/mol. The quantitative estimate of drug-likeness (QED) is 0.650. The monoisotopic (exact) mass is 434 g/mol. The van der Waals surface area contributed by atoms with Crippen molar-refractivity contribution in [1.82, 2.24) is 19.9 Å². The molecular weight excluding hydrogens is 404 g/mol. The minimum absolute atomic E-state index is 0.171. The van der Waals surface area contributed by atoms with Crippen LogP contribution in [0.1, 0.15) is 38.4 Å². The molecule has 32 heavy (non-hydrogen) atoms. The molecule has 2 aromatic heterocycles. The van der Waals surface area contributed by atoms with Gasteiger partial charge in [0.1, 0.15) is 22.9 Å². The van der Waals surface area contributed by atoms with E-state index in [1.807, 2.05) is 13.0 Å². The largest absolute Gasteiger partial charge is 0.488 e. The van der Waals surface area contributed by atoms with Crippen LogP contribution in [-0.4, -0.2) is 57.9 Å². The summed E-state index contributed by atoms with van der Waals surface area (Å²) in [5.41, 5.74) is 2.82. The molecular formula is C24H30N6O2. The lowest BCUT2D eigenvalue weighted by molar-refractivity contribution is 0.0532. The van der Waals surface area contributed by atoms with Crippen LogP contribution in [0.15, 0.2) is 36.8 Å². The molecule has 8 nitrogen and oxygen atoms in total. The van der Waals surface area contributed by atoms with Gasteiger partial charge in [0.2, 0.25) is 0 Å². The van der Waals surface area contributed by atoms with Crippen LogP contribution in [0.25, 0.3) is 11.0 Å². The van der Waals surface area contributed by atoms with E-state index in [-0.39, 0.29) is 12.2 Å². The maximum Gasteiger partial charge on any atom is 0.149 e. The first-order chi connectivity index (χ1) is 15.6. The van der Waals surface area contributed by atoms with E-state index in [1.54, 1.807) is 18.6 Å². The molecule has 0 spiro atoms. The van der Waals surface area contributed by atoms with Gasteiger partial charge in [-0.1, -0.05) is 0 Å². The number of aromatic nitrogens is 4. The van der Waals surface area contributed by atoms with Crippen molar-refractivity contribution in [3.63, 3.8) is 0 Å². The molecule has 1 saturated carbocycles. The Hall–Kier alpha value is -3.00. The molecule has 0 radical (unpaired) electrons. The van der Waals surface area contributed by atoms with Crippen LogP contribution in [0.3, 0.4) is 0 Å². The zero-order valence-corrected chi connectivity index (χ0v) is 18.7. The van der Waals surface area contributed by atoms with Gasteiger partial charge in [0, 0.05) is 49.5 Å². The van der Waals surface area contributed by atoms with Crippen molar-refractivity contribution in [3.05, 3.63) is 42.6 Å². The van der Waals surface area contributed by atoms with Crippen molar-refractivity contribution in [2.24, 2.45) is 0 Å². The molecule has 0 unspecified atom stereocenters. The third kappa shape index (κ3) is 4.75. The highest BCUT2D eigenvalue weighted by molar-refractivity contribution is 5.85. The van der Waals surface area contributed by atoms with Gasteiger partial charge in [0.25, 0.3) is 0 Å². The number of benzene rings is 1. The van der Waals surface area contributed by atoms with Gasteiger partial charge in [0.05, 0.1) is 24.3 Å². The van der Waals surface area contributed by atoms with Crippen LogP contribution in [0.2, 0.25) is 0 Å². The van der Waals surface area contributed by atoms with Gasteiger partial charge in [-0.15, -0.1) is 0 Å². The van der Waals surface area contributed by atoms with Gasteiger partial charge in [-0.25, -0.2) is 15.0 Å². The number of nitrogens with one attached hydrogen (secondary N) is 1. The van der Waals surface area contributed by atoms with Gasteiger partial charge in [0.15, 0.2) is 0 Å². The maximum absolute atomic E-state index is 6.53. The molecule has 1 atom stereocenters. The lowest BCUT2D eigenvalue weighted by atomic mass is 9.93. The fourth-order valence-electron chi connectivity index (χ4n) is 4.60. The summed E-state index contributed by atoms with van der Waals surface area (Å²) in [4.78, 5) is 20.1. The highest BCUT2D eigenvalue weighted by Gasteiger charge is 2.25. The average Bonchev–Trinajstić information content (AvgIpc) is 2.80. The van der Waals surface area contributed by atoms with Gasteiger partial charge in [-0.3, -0.25) is 4.98 Å². The lowest BCUT2D eigenvalue weighted by Gasteiger charge is -2.34. The number of hydrogen-bond donors (Lipinski definition) is 1. The summed E-state index contributed by atoms with van der Waals surface area (Å²) in [5, 5.41) is 3.54. The fourth-order valence-corrected chi connectivity index (χ4v) is 4.60. The Bertz CT molecular complexity index is 1070. The molecule has 5 rings (SSSR count). The average molecular weight is 435 g/mol. The van der Waals surface area contributed by atoms with E-state index in [1.165, 1.54) is 0 Å². The molecule has 3 aromatic rings. The summed E-state index contributed by atoms with van der Waals surface area (Å²) in [6, 6.07) is 6.57. The van der Waals surface area contributed by atoms with Crippen molar-refractivity contribution >= 4 is 22.5 Å². The van der Waals surface area contributed by atoms with E-state index in [4.69, 9.17) is 9.47 Å². The van der Waals surface area contributed by atoms with Crippen LogP contribution >= 0.6 is 0 Å². The van der Waals surface area contributed by atoms with Crippen molar-refractivity contribution in [3.8, 4) is 5.75 Å². The first-order valence-corrected chi connectivity index (χ1v) is 11.5. The number of morpholine rings is 1. The van der Waals surface area contributed by atoms with Crippen LogP contribution in [0, 0.1) is 6.92 Å². The Labute approximate surface area is 188 Å². The summed E-state index contributed by atoms with van der Waals surface area (Å²) in [5.74, 6) is 2.51. The molecule has 0 amide bonds. The standard InChI is InChI=1S/C24H30N6O2/c1-16-15-30(11-12-31-16)19-13-21-24(27-10-9-26-21)22(14-19)32-20-5-3-18(4-6-20)29-23-7-8-25-17(2)28-23/h7-10,13-14,16,18,20H,3-6,11-12,15H2,1-2H3,(H,25,28,29)/t16-,18-,20+/m1/s1. The first kappa shape index (κ1) is 20.9. The normalized spacial score (nSPS) is 23.8. The predicted octanol–water partition coefficient (Wildman–Crippen LogP) is 3.76. The number of anilines is 2. The Morgan fingerprint density at radius 2 is 1.91 bits per heavy atom. The second-order valence-corrected chi connectivity index (χ2v) is 8.72. The highest BCUT2D eigenvalue weighted by atomic mass is 16.5. The van der Waals surface area contributed by atoms with E-state index < -0.39 is 0 Å². The number of ether oxygens (including phenoxy) is 2. The highest BCUT2D eigenvalue weighted by Crippen LogP contribution is 2.33. The Kier molecular flexibility index (Phi) is 6.03. The number of hydrogen-bond acceptors (Lipinski definition) is 8. The molecule has 2 fully saturated rings. The molecule has 1 N–H and O–H groups in total. The van der Waals surface area contributed by atoms with Crippen LogP contribution < -0.4 is 15.0 Å². The second-order valence-electron chi connectivity index (χ2n) is 8.72. The summed E-state index contributed by atoms with van der Waals surface area (Å²) in [6.45, 7) is 6.49. The molecule has 0 bridgehead atoms. The zero-order valence-electron chi connectivity index (χ0n) is 18.7. The minimum Gasteiger partial charge on any atom is -0.488 e. The Balaban J connectivity index is 1.28. The van der Waals surface area contributed by atoms with Crippen molar-refractivity contribution < 1.29 is 9.47 Å². The molecule has 8 heteroatoms. The van der Waals surface area contributed by atoms with Gasteiger partial charge in [-0.2, -0.15) is 0 Å².